The molecule has 0 radical (unpaired) electrons. The summed E-state index contributed by atoms with van der Waals surface area (Å²) in [5.41, 5.74) is 0. The van der Waals surface area contributed by atoms with Gasteiger partial charge in [0.15, 0.2) is 5.82 Å². The van der Waals surface area contributed by atoms with Crippen molar-refractivity contribution >= 4 is 35.4 Å². The summed E-state index contributed by atoms with van der Waals surface area (Å²) in [5, 5.41) is 11.0. The fourth-order valence-electron chi connectivity index (χ4n) is 1.71. The molecule has 0 spiro atoms. The summed E-state index contributed by atoms with van der Waals surface area (Å²) in [4.78, 5) is 35.6. The van der Waals surface area contributed by atoms with Crippen LogP contribution in [-0.4, -0.2) is 38.5 Å². The van der Waals surface area contributed by atoms with E-state index in [2.05, 4.69) is 5.16 Å². The van der Waals surface area contributed by atoms with Crippen LogP contribution < -0.4 is 4.90 Å². The van der Waals surface area contributed by atoms with E-state index in [1.165, 1.54) is 13.0 Å². The average molecular weight is 284 g/mol. The molecule has 2 amide bonds. The molecule has 0 aromatic carbocycles. The number of rotatable bonds is 4. The Balaban J connectivity index is 2.15. The smallest absolute Gasteiger partial charge is 0.316 e. The third kappa shape index (κ3) is 2.62. The van der Waals surface area contributed by atoms with Crippen molar-refractivity contribution in [1.29, 1.82) is 0 Å². The summed E-state index contributed by atoms with van der Waals surface area (Å²) >= 11 is 0.962. The molecule has 2 unspecified atom stereocenters. The summed E-state index contributed by atoms with van der Waals surface area (Å²) in [7, 11) is 0. The molecule has 1 aliphatic rings. The van der Waals surface area contributed by atoms with Crippen molar-refractivity contribution < 1.29 is 24.0 Å². The van der Waals surface area contributed by atoms with Crippen molar-refractivity contribution in [3.05, 3.63) is 11.8 Å². The minimum Gasteiger partial charge on any atom is -0.480 e. The standard InChI is InChI=1S/C11H12N2O5S/c1-5-3-8(12-18-5)13-9(14)4-7(10(13)15)19-6(2)11(16)17/h3,6-7H,4H2,1-2H3,(H,16,17). The predicted octanol–water partition coefficient (Wildman–Crippen LogP) is 0.821. The third-order valence-corrected chi connectivity index (χ3v) is 3.97. The number of hydrogen-bond acceptors (Lipinski definition) is 6. The molecular formula is C11H12N2O5S. The molecule has 1 aromatic rings. The number of amides is 2. The topological polar surface area (TPSA) is 101 Å². The van der Waals surface area contributed by atoms with Crippen LogP contribution in [0.2, 0.25) is 0 Å². The van der Waals surface area contributed by atoms with E-state index < -0.39 is 28.3 Å². The van der Waals surface area contributed by atoms with Gasteiger partial charge in [-0.15, -0.1) is 11.8 Å². The van der Waals surface area contributed by atoms with Crippen LogP contribution in [0.25, 0.3) is 0 Å². The number of carboxylic acids is 1. The van der Waals surface area contributed by atoms with Crippen LogP contribution in [0.4, 0.5) is 5.82 Å². The number of anilines is 1. The number of thioether (sulfide) groups is 1. The summed E-state index contributed by atoms with van der Waals surface area (Å²) in [6.07, 6.45) is -0.0208. The van der Waals surface area contributed by atoms with E-state index in [-0.39, 0.29) is 12.2 Å². The molecule has 0 aliphatic carbocycles. The second-order valence-electron chi connectivity index (χ2n) is 4.17. The molecule has 102 valence electrons. The molecule has 1 aromatic heterocycles. The number of nitrogens with zero attached hydrogens (tertiary/aromatic N) is 2. The number of carboxylic acid groups (broad SMARTS) is 1. The van der Waals surface area contributed by atoms with Gasteiger partial charge in [0.05, 0.1) is 5.25 Å². The van der Waals surface area contributed by atoms with E-state index in [1.54, 1.807) is 6.92 Å². The van der Waals surface area contributed by atoms with E-state index in [0.717, 1.165) is 16.7 Å². The van der Waals surface area contributed by atoms with Gasteiger partial charge in [0, 0.05) is 12.5 Å². The van der Waals surface area contributed by atoms with Gasteiger partial charge in [-0.25, -0.2) is 4.90 Å². The Morgan fingerprint density at radius 2 is 2.32 bits per heavy atom. The summed E-state index contributed by atoms with van der Waals surface area (Å²) in [6, 6.07) is 1.49. The maximum absolute atomic E-state index is 12.1. The maximum Gasteiger partial charge on any atom is 0.316 e. The third-order valence-electron chi connectivity index (χ3n) is 2.67. The van der Waals surface area contributed by atoms with E-state index in [0.29, 0.717) is 5.76 Å². The molecule has 8 heteroatoms. The van der Waals surface area contributed by atoms with Crippen LogP contribution >= 0.6 is 11.8 Å². The first-order chi connectivity index (χ1) is 8.90. The Hall–Kier alpha value is -1.83. The maximum atomic E-state index is 12.1. The second-order valence-corrected chi connectivity index (χ2v) is 5.72. The molecule has 2 rings (SSSR count). The number of imide groups is 1. The van der Waals surface area contributed by atoms with Crippen LogP contribution in [0.15, 0.2) is 10.6 Å². The zero-order valence-electron chi connectivity index (χ0n) is 10.3. The van der Waals surface area contributed by atoms with Crippen LogP contribution in [0.5, 0.6) is 0 Å². The van der Waals surface area contributed by atoms with Gasteiger partial charge in [0.1, 0.15) is 11.0 Å². The summed E-state index contributed by atoms with van der Waals surface area (Å²) in [5.74, 6) is -1.21. The Bertz CT molecular complexity index is 541. The first kappa shape index (κ1) is 13.6. The van der Waals surface area contributed by atoms with Gasteiger partial charge in [-0.3, -0.25) is 14.4 Å². The highest BCUT2D eigenvalue weighted by Gasteiger charge is 2.42. The molecule has 19 heavy (non-hydrogen) atoms. The van der Waals surface area contributed by atoms with Crippen molar-refractivity contribution in [3.8, 4) is 0 Å². The monoisotopic (exact) mass is 284 g/mol. The lowest BCUT2D eigenvalue weighted by Gasteiger charge is -2.12. The van der Waals surface area contributed by atoms with Crippen LogP contribution in [0, 0.1) is 6.92 Å². The summed E-state index contributed by atoms with van der Waals surface area (Å²) in [6.45, 7) is 3.13. The number of aliphatic carboxylic acids is 1. The molecule has 2 heterocycles. The van der Waals surface area contributed by atoms with Gasteiger partial charge >= 0.3 is 5.97 Å². The first-order valence-corrected chi connectivity index (χ1v) is 6.53. The van der Waals surface area contributed by atoms with Gasteiger partial charge in [0.2, 0.25) is 11.8 Å². The second kappa shape index (κ2) is 5.04. The number of aryl methyl sites for hydroxylation is 1. The molecule has 0 saturated carbocycles. The lowest BCUT2D eigenvalue weighted by atomic mass is 10.3. The van der Waals surface area contributed by atoms with Crippen LogP contribution in [-0.2, 0) is 14.4 Å². The zero-order chi connectivity index (χ0) is 14.2. The highest BCUT2D eigenvalue weighted by molar-refractivity contribution is 8.01. The van der Waals surface area contributed by atoms with E-state index in [9.17, 15) is 14.4 Å². The average Bonchev–Trinajstić information content (AvgIpc) is 2.84. The number of carbonyl (C=O) groups is 3. The predicted molar refractivity (Wildman–Crippen MR) is 66.8 cm³/mol. The Morgan fingerprint density at radius 3 is 2.84 bits per heavy atom. The lowest BCUT2D eigenvalue weighted by molar-refractivity contribution is -0.136. The largest absolute Gasteiger partial charge is 0.480 e. The molecular weight excluding hydrogens is 272 g/mol. The Kier molecular flexibility index (Phi) is 3.61. The van der Waals surface area contributed by atoms with E-state index in [4.69, 9.17) is 9.63 Å². The van der Waals surface area contributed by atoms with Crippen molar-refractivity contribution in [2.75, 3.05) is 4.90 Å². The van der Waals surface area contributed by atoms with Gasteiger partial charge < -0.3 is 9.63 Å². The van der Waals surface area contributed by atoms with Crippen molar-refractivity contribution in [2.45, 2.75) is 30.8 Å². The quantitative estimate of drug-likeness (QED) is 0.817. The normalized spacial score (nSPS) is 20.9. The molecule has 1 saturated heterocycles. The number of hydrogen-bond donors (Lipinski definition) is 1. The van der Waals surface area contributed by atoms with Gasteiger partial charge in [-0.1, -0.05) is 5.16 Å². The zero-order valence-corrected chi connectivity index (χ0v) is 11.1. The summed E-state index contributed by atoms with van der Waals surface area (Å²) < 4.78 is 4.83. The van der Waals surface area contributed by atoms with Crippen molar-refractivity contribution in [3.63, 3.8) is 0 Å². The minimum atomic E-state index is -1.01. The van der Waals surface area contributed by atoms with Crippen molar-refractivity contribution in [1.82, 2.24) is 5.16 Å². The molecule has 1 aliphatic heterocycles. The highest BCUT2D eigenvalue weighted by Crippen LogP contribution is 2.31. The lowest BCUT2D eigenvalue weighted by Crippen LogP contribution is -2.32. The molecule has 0 bridgehead atoms. The number of carbonyl (C=O) groups excluding carboxylic acids is 2. The Morgan fingerprint density at radius 1 is 1.63 bits per heavy atom. The molecule has 1 fully saturated rings. The number of aromatic nitrogens is 1. The van der Waals surface area contributed by atoms with Gasteiger partial charge in [-0.05, 0) is 13.8 Å². The fourth-order valence-corrected chi connectivity index (χ4v) is 2.78. The SMILES string of the molecule is Cc1cc(N2C(=O)CC(SC(C)C(=O)O)C2=O)no1. The minimum absolute atomic E-state index is 0.0208. The van der Waals surface area contributed by atoms with E-state index >= 15 is 0 Å². The fraction of sp³-hybridized carbons (Fsp3) is 0.455. The molecule has 2 atom stereocenters. The first-order valence-electron chi connectivity index (χ1n) is 5.58. The van der Waals surface area contributed by atoms with Crippen LogP contribution in [0.3, 0.4) is 0 Å². The van der Waals surface area contributed by atoms with Crippen LogP contribution in [0.1, 0.15) is 19.1 Å². The van der Waals surface area contributed by atoms with Gasteiger partial charge in [0.25, 0.3) is 0 Å². The van der Waals surface area contributed by atoms with E-state index in [1.807, 2.05) is 0 Å². The van der Waals surface area contributed by atoms with Crippen molar-refractivity contribution in [2.24, 2.45) is 0 Å². The molecule has 7 nitrogen and oxygen atoms in total. The Labute approximate surface area is 112 Å². The van der Waals surface area contributed by atoms with Gasteiger partial charge in [-0.2, -0.15) is 0 Å². The highest BCUT2D eigenvalue weighted by atomic mass is 32.2. The molecule has 1 N–H and O–H groups in total.